The minimum Gasteiger partial charge on any atom is -0.481 e. The number of rotatable bonds is 5. The predicted octanol–water partition coefficient (Wildman–Crippen LogP) is 4.20. The van der Waals surface area contributed by atoms with Crippen LogP contribution in [0.3, 0.4) is 0 Å². The first kappa shape index (κ1) is 22.3. The van der Waals surface area contributed by atoms with Crippen molar-refractivity contribution in [1.29, 1.82) is 0 Å². The third-order valence-corrected chi connectivity index (χ3v) is 6.06. The van der Waals surface area contributed by atoms with Crippen LogP contribution in [-0.2, 0) is 13.0 Å². The van der Waals surface area contributed by atoms with Crippen LogP contribution in [0.15, 0.2) is 30.5 Å². The molecule has 0 saturated carbocycles. The predicted molar refractivity (Wildman–Crippen MR) is 113 cm³/mol. The van der Waals surface area contributed by atoms with Gasteiger partial charge in [-0.15, -0.1) is 0 Å². The van der Waals surface area contributed by atoms with Crippen LogP contribution in [-0.4, -0.2) is 40.6 Å². The second-order valence-corrected chi connectivity index (χ2v) is 8.12. The largest absolute Gasteiger partial charge is 0.481 e. The van der Waals surface area contributed by atoms with Gasteiger partial charge >= 0.3 is 6.18 Å². The molecule has 2 aromatic rings. The number of allylic oxidation sites excluding steroid dienone is 2. The van der Waals surface area contributed by atoms with Crippen LogP contribution < -0.4 is 10.5 Å². The quantitative estimate of drug-likeness (QED) is 0.745. The van der Waals surface area contributed by atoms with Crippen LogP contribution in [0, 0.1) is 0 Å². The van der Waals surface area contributed by atoms with Gasteiger partial charge in [-0.3, -0.25) is 9.69 Å². The zero-order chi connectivity index (χ0) is 22.9. The van der Waals surface area contributed by atoms with Crippen molar-refractivity contribution in [1.82, 2.24) is 14.9 Å². The number of pyridine rings is 2. The number of primary amides is 1. The molecule has 2 aliphatic rings. The monoisotopic (exact) mass is 446 g/mol. The lowest BCUT2D eigenvalue weighted by Crippen LogP contribution is -2.42. The van der Waals surface area contributed by atoms with Crippen molar-refractivity contribution in [2.75, 3.05) is 13.7 Å². The van der Waals surface area contributed by atoms with Crippen molar-refractivity contribution in [2.24, 2.45) is 5.73 Å². The summed E-state index contributed by atoms with van der Waals surface area (Å²) in [5.74, 6) is -0.566. The molecule has 3 heterocycles. The van der Waals surface area contributed by atoms with Crippen LogP contribution in [0.5, 0.6) is 5.88 Å². The number of amides is 1. The van der Waals surface area contributed by atoms with Crippen LogP contribution in [0.4, 0.5) is 13.2 Å². The number of carbonyl (C=O) groups is 1. The van der Waals surface area contributed by atoms with Crippen molar-refractivity contribution < 1.29 is 22.7 Å². The van der Waals surface area contributed by atoms with E-state index >= 15 is 0 Å². The second kappa shape index (κ2) is 8.90. The van der Waals surface area contributed by atoms with E-state index in [1.165, 1.54) is 30.3 Å². The highest BCUT2D eigenvalue weighted by atomic mass is 19.4. The van der Waals surface area contributed by atoms with Crippen molar-refractivity contribution in [3.8, 4) is 5.88 Å². The summed E-state index contributed by atoms with van der Waals surface area (Å²) in [4.78, 5) is 21.5. The third kappa shape index (κ3) is 4.48. The maximum atomic E-state index is 14.2. The van der Waals surface area contributed by atoms with Gasteiger partial charge in [-0.1, -0.05) is 6.08 Å². The van der Waals surface area contributed by atoms with E-state index in [1.54, 1.807) is 6.07 Å². The number of hydrogen-bond acceptors (Lipinski definition) is 5. The Kier molecular flexibility index (Phi) is 6.19. The first-order valence-electron chi connectivity index (χ1n) is 10.6. The molecule has 6 nitrogen and oxygen atoms in total. The van der Waals surface area contributed by atoms with Crippen LogP contribution in [0.25, 0.3) is 5.57 Å². The Labute approximate surface area is 184 Å². The number of halogens is 3. The van der Waals surface area contributed by atoms with Crippen molar-refractivity contribution in [3.63, 3.8) is 0 Å². The van der Waals surface area contributed by atoms with E-state index < -0.39 is 18.1 Å². The smallest absolute Gasteiger partial charge is 0.408 e. The van der Waals surface area contributed by atoms with Crippen LogP contribution in [0.1, 0.15) is 64.6 Å². The molecule has 0 spiro atoms. The number of fused-ring (bicyclic) bond motifs is 1. The van der Waals surface area contributed by atoms with Gasteiger partial charge in [0.2, 0.25) is 5.88 Å². The number of nitrogens with two attached hydrogens (primary N) is 1. The van der Waals surface area contributed by atoms with E-state index in [-0.39, 0.29) is 30.2 Å². The van der Waals surface area contributed by atoms with E-state index in [0.29, 0.717) is 12.1 Å². The number of aromatic nitrogens is 2. The molecular weight excluding hydrogens is 421 g/mol. The third-order valence-electron chi connectivity index (χ3n) is 6.06. The van der Waals surface area contributed by atoms with Crippen LogP contribution in [0.2, 0.25) is 0 Å². The zero-order valence-corrected chi connectivity index (χ0v) is 17.8. The van der Waals surface area contributed by atoms with E-state index in [0.717, 1.165) is 42.4 Å². The molecule has 0 fully saturated rings. The Morgan fingerprint density at radius 3 is 2.72 bits per heavy atom. The van der Waals surface area contributed by atoms with E-state index in [9.17, 15) is 18.0 Å². The van der Waals surface area contributed by atoms with Gasteiger partial charge in [0.05, 0.1) is 12.8 Å². The average Bonchev–Trinajstić information content (AvgIpc) is 2.78. The molecule has 0 saturated heterocycles. The van der Waals surface area contributed by atoms with Gasteiger partial charge in [0.25, 0.3) is 5.91 Å². The van der Waals surface area contributed by atoms with E-state index in [4.69, 9.17) is 10.5 Å². The molecule has 32 heavy (non-hydrogen) atoms. The number of alkyl halides is 3. The molecule has 4 rings (SSSR count). The first-order valence-corrected chi connectivity index (χ1v) is 10.6. The lowest BCUT2D eigenvalue weighted by Gasteiger charge is -2.37. The van der Waals surface area contributed by atoms with Crippen molar-refractivity contribution in [3.05, 3.63) is 58.6 Å². The SMILES string of the molecule is COc1cc(C(N2CCc3c(C4=CCCCC4)cc(C(N)=O)nc3C2)C(F)(F)F)ccn1. The molecule has 0 radical (unpaired) electrons. The summed E-state index contributed by atoms with van der Waals surface area (Å²) in [6.07, 6.45) is 3.32. The standard InChI is InChI=1S/C23H25F3N4O2/c1-32-20-11-15(7-9-28-20)21(23(24,25)26)30-10-8-16-17(14-5-3-2-4-6-14)12-18(22(27)31)29-19(16)13-30/h5,7,9,11-12,21H,2-4,6,8,10,13H2,1H3,(H2,27,31). The van der Waals surface area contributed by atoms with E-state index in [1.807, 2.05) is 0 Å². The van der Waals surface area contributed by atoms with Crippen molar-refractivity contribution >= 4 is 11.5 Å². The second-order valence-electron chi connectivity index (χ2n) is 8.12. The normalized spacial score (nSPS) is 17.9. The number of hydrogen-bond donors (Lipinski definition) is 1. The molecule has 9 heteroatoms. The van der Waals surface area contributed by atoms with Gasteiger partial charge in [0.15, 0.2) is 0 Å². The summed E-state index contributed by atoms with van der Waals surface area (Å²) in [5.41, 5.74) is 9.04. The van der Waals surface area contributed by atoms with Gasteiger partial charge < -0.3 is 10.5 Å². The number of methoxy groups -OCH3 is 1. The fraction of sp³-hybridized carbons (Fsp3) is 0.435. The molecule has 0 bridgehead atoms. The molecule has 1 unspecified atom stereocenters. The number of nitrogens with zero attached hydrogens (tertiary/aromatic N) is 3. The Bertz CT molecular complexity index is 1050. The Morgan fingerprint density at radius 2 is 2.06 bits per heavy atom. The fourth-order valence-corrected chi connectivity index (χ4v) is 4.59. The summed E-state index contributed by atoms with van der Waals surface area (Å²) in [6.45, 7) is 0.172. The molecule has 0 aromatic carbocycles. The molecule has 1 aliphatic heterocycles. The highest BCUT2D eigenvalue weighted by molar-refractivity contribution is 5.92. The Morgan fingerprint density at radius 1 is 1.25 bits per heavy atom. The lowest BCUT2D eigenvalue weighted by atomic mass is 9.87. The molecule has 1 amide bonds. The summed E-state index contributed by atoms with van der Waals surface area (Å²) in [5, 5.41) is 0. The van der Waals surface area contributed by atoms with E-state index in [2.05, 4.69) is 16.0 Å². The zero-order valence-electron chi connectivity index (χ0n) is 17.8. The van der Waals surface area contributed by atoms with Crippen molar-refractivity contribution in [2.45, 2.75) is 50.9 Å². The molecular formula is C23H25F3N4O2. The maximum Gasteiger partial charge on any atom is 0.408 e. The van der Waals surface area contributed by atoms with Crippen LogP contribution >= 0.6 is 0 Å². The average molecular weight is 446 g/mol. The first-order chi connectivity index (χ1) is 15.3. The topological polar surface area (TPSA) is 81.3 Å². The minimum atomic E-state index is -4.51. The minimum absolute atomic E-state index is 0.0362. The van der Waals surface area contributed by atoms with Gasteiger partial charge in [0, 0.05) is 25.4 Å². The maximum absolute atomic E-state index is 14.2. The molecule has 170 valence electrons. The summed E-state index contributed by atoms with van der Waals surface area (Å²) in [7, 11) is 1.36. The highest BCUT2D eigenvalue weighted by Gasteiger charge is 2.46. The van der Waals surface area contributed by atoms with Gasteiger partial charge in [0.1, 0.15) is 11.7 Å². The molecule has 1 aliphatic carbocycles. The summed E-state index contributed by atoms with van der Waals surface area (Å²) < 4.78 is 47.5. The summed E-state index contributed by atoms with van der Waals surface area (Å²) >= 11 is 0. The highest BCUT2D eigenvalue weighted by Crippen LogP contribution is 2.41. The molecule has 1 atom stereocenters. The van der Waals surface area contributed by atoms with Gasteiger partial charge in [-0.25, -0.2) is 9.97 Å². The number of ether oxygens (including phenoxy) is 1. The molecule has 2 N–H and O–H groups in total. The molecule has 2 aromatic heterocycles. The van der Waals surface area contributed by atoms with Gasteiger partial charge in [-0.05, 0) is 66.5 Å². The van der Waals surface area contributed by atoms with Gasteiger partial charge in [-0.2, -0.15) is 13.2 Å². The number of carbonyl (C=O) groups excluding carboxylic acids is 1. The fourth-order valence-electron chi connectivity index (χ4n) is 4.59. The Balaban J connectivity index is 1.74. The Hall–Kier alpha value is -2.94. The lowest BCUT2D eigenvalue weighted by molar-refractivity contribution is -0.189. The summed E-state index contributed by atoms with van der Waals surface area (Å²) in [6, 6.07) is 2.51.